The number of hydrazine groups is 1. The maximum Gasteiger partial charge on any atom is 0.422 e. The number of benzene rings is 1. The first-order valence-corrected chi connectivity index (χ1v) is 8.42. The number of carbonyl (C=O) groups excluding carboxylic acids is 3. The van der Waals surface area contributed by atoms with Crippen LogP contribution in [-0.4, -0.2) is 43.0 Å². The van der Waals surface area contributed by atoms with E-state index in [4.69, 9.17) is 14.2 Å². The van der Waals surface area contributed by atoms with Gasteiger partial charge in [-0.2, -0.15) is 0 Å². The predicted molar refractivity (Wildman–Crippen MR) is 97.5 cm³/mol. The lowest BCUT2D eigenvalue weighted by Gasteiger charge is -2.25. The van der Waals surface area contributed by atoms with Crippen molar-refractivity contribution in [3.8, 4) is 0 Å². The molecule has 0 aliphatic heterocycles. The number of carbonyl (C=O) groups is 3. The van der Waals surface area contributed by atoms with Gasteiger partial charge in [0.2, 0.25) is 0 Å². The van der Waals surface area contributed by atoms with Crippen molar-refractivity contribution in [3.05, 3.63) is 35.9 Å². The van der Waals surface area contributed by atoms with Crippen LogP contribution in [-0.2, 0) is 25.6 Å². The zero-order valence-corrected chi connectivity index (χ0v) is 16.2. The van der Waals surface area contributed by atoms with Crippen LogP contribution in [0.2, 0.25) is 0 Å². The summed E-state index contributed by atoms with van der Waals surface area (Å²) in [6.07, 6.45) is -1.48. The van der Waals surface area contributed by atoms with Crippen LogP contribution in [0, 0.1) is 0 Å². The number of nitrogens with one attached hydrogen (secondary N) is 3. The smallest absolute Gasteiger partial charge is 0.422 e. The maximum absolute atomic E-state index is 11.9. The Kier molecular flexibility index (Phi) is 8.53. The highest BCUT2D eigenvalue weighted by molar-refractivity contribution is 5.78. The fourth-order valence-corrected chi connectivity index (χ4v) is 1.99. The Morgan fingerprint density at radius 3 is 2.26 bits per heavy atom. The molecule has 1 rings (SSSR count). The Balaban J connectivity index is 2.55. The number of amides is 2. The third-order valence-corrected chi connectivity index (χ3v) is 3.24. The van der Waals surface area contributed by atoms with Crippen molar-refractivity contribution in [3.63, 3.8) is 0 Å². The van der Waals surface area contributed by atoms with Gasteiger partial charge in [-0.3, -0.25) is 10.2 Å². The number of hydrogen-bond donors (Lipinski definition) is 3. The molecule has 2 amide bonds. The average Bonchev–Trinajstić information content (AvgIpc) is 2.59. The normalized spacial score (nSPS) is 13.1. The number of methoxy groups -OCH3 is 1. The molecule has 0 aromatic heterocycles. The first kappa shape index (κ1) is 22.2. The van der Waals surface area contributed by atoms with Crippen molar-refractivity contribution in [2.45, 2.75) is 52.0 Å². The largest absolute Gasteiger partial charge is 0.468 e. The third-order valence-electron chi connectivity index (χ3n) is 3.24. The standard InChI is InChI=1S/C18H27N3O6/c1-12(19-16(23)26-11-13-9-7-6-8-10-13)14(15(22)25-5)20-21-17(24)27-18(2,3)4/h6-10,12,14,20H,11H2,1-5H3,(H,19,23)(H,21,24)/t12-,14-/m1/s1. The summed E-state index contributed by atoms with van der Waals surface area (Å²) in [7, 11) is 1.20. The first-order chi connectivity index (χ1) is 12.6. The summed E-state index contributed by atoms with van der Waals surface area (Å²) in [5.41, 5.74) is 4.90. The summed E-state index contributed by atoms with van der Waals surface area (Å²) in [5.74, 6) is -0.679. The molecule has 0 radical (unpaired) electrons. The molecule has 0 aliphatic carbocycles. The Bertz CT molecular complexity index is 630. The molecule has 9 heteroatoms. The van der Waals surface area contributed by atoms with Crippen molar-refractivity contribution < 1.29 is 28.6 Å². The summed E-state index contributed by atoms with van der Waals surface area (Å²) in [6.45, 7) is 6.77. The van der Waals surface area contributed by atoms with Crippen molar-refractivity contribution in [1.82, 2.24) is 16.2 Å². The minimum absolute atomic E-state index is 0.0892. The van der Waals surface area contributed by atoms with Gasteiger partial charge < -0.3 is 19.5 Å². The molecule has 0 unspecified atom stereocenters. The van der Waals surface area contributed by atoms with Gasteiger partial charge in [0.1, 0.15) is 18.2 Å². The molecule has 1 aromatic carbocycles. The van der Waals surface area contributed by atoms with Gasteiger partial charge in [-0.05, 0) is 33.3 Å². The van der Waals surface area contributed by atoms with E-state index >= 15 is 0 Å². The number of esters is 1. The van der Waals surface area contributed by atoms with E-state index in [2.05, 4.69) is 16.2 Å². The quantitative estimate of drug-likeness (QED) is 0.375. The number of ether oxygens (including phenoxy) is 3. The van der Waals surface area contributed by atoms with Crippen molar-refractivity contribution in [2.75, 3.05) is 7.11 Å². The number of alkyl carbamates (subject to hydrolysis) is 1. The molecule has 150 valence electrons. The highest BCUT2D eigenvalue weighted by Gasteiger charge is 2.29. The zero-order chi connectivity index (χ0) is 20.4. The Morgan fingerprint density at radius 2 is 1.70 bits per heavy atom. The van der Waals surface area contributed by atoms with E-state index in [0.29, 0.717) is 0 Å². The fraction of sp³-hybridized carbons (Fsp3) is 0.500. The molecule has 9 nitrogen and oxygen atoms in total. The second kappa shape index (κ2) is 10.4. The number of hydrogen-bond acceptors (Lipinski definition) is 7. The summed E-state index contributed by atoms with van der Waals surface area (Å²) >= 11 is 0. The molecule has 0 heterocycles. The minimum Gasteiger partial charge on any atom is -0.468 e. The molecule has 0 saturated carbocycles. The van der Waals surface area contributed by atoms with Gasteiger partial charge in [0.25, 0.3) is 0 Å². The Labute approximate surface area is 158 Å². The van der Waals surface area contributed by atoms with Crippen LogP contribution in [0.4, 0.5) is 9.59 Å². The zero-order valence-electron chi connectivity index (χ0n) is 16.2. The molecule has 2 atom stereocenters. The Morgan fingerprint density at radius 1 is 1.07 bits per heavy atom. The van der Waals surface area contributed by atoms with Gasteiger partial charge >= 0.3 is 18.2 Å². The second-order valence-corrected chi connectivity index (χ2v) is 6.77. The van der Waals surface area contributed by atoms with Crippen LogP contribution in [0.1, 0.15) is 33.3 Å². The first-order valence-electron chi connectivity index (χ1n) is 8.42. The SMILES string of the molecule is COC(=O)[C@H](NNC(=O)OC(C)(C)C)[C@@H](C)NC(=O)OCc1ccccc1. The Hall–Kier alpha value is -2.81. The summed E-state index contributed by atoms with van der Waals surface area (Å²) < 4.78 is 14.9. The maximum atomic E-state index is 11.9. The van der Waals surface area contributed by atoms with Crippen LogP contribution < -0.4 is 16.2 Å². The fourth-order valence-electron chi connectivity index (χ4n) is 1.99. The predicted octanol–water partition coefficient (Wildman–Crippen LogP) is 1.87. The minimum atomic E-state index is -1.05. The van der Waals surface area contributed by atoms with Gasteiger partial charge in [0.15, 0.2) is 0 Å². The summed E-state index contributed by atoms with van der Waals surface area (Å²) in [5, 5.41) is 2.52. The van der Waals surface area contributed by atoms with E-state index in [0.717, 1.165) is 5.56 Å². The van der Waals surface area contributed by atoms with Crippen molar-refractivity contribution in [1.29, 1.82) is 0 Å². The molecule has 0 aliphatic rings. The lowest BCUT2D eigenvalue weighted by Crippen LogP contribution is -2.58. The van der Waals surface area contributed by atoms with Gasteiger partial charge in [-0.15, -0.1) is 0 Å². The molecule has 27 heavy (non-hydrogen) atoms. The second-order valence-electron chi connectivity index (χ2n) is 6.77. The van der Waals surface area contributed by atoms with Crippen molar-refractivity contribution in [2.24, 2.45) is 0 Å². The molecule has 0 bridgehead atoms. The van der Waals surface area contributed by atoms with Gasteiger partial charge in [0.05, 0.1) is 13.2 Å². The molecule has 1 aromatic rings. The highest BCUT2D eigenvalue weighted by Crippen LogP contribution is 2.06. The summed E-state index contributed by atoms with van der Waals surface area (Å²) in [6, 6.07) is 7.37. The van der Waals surface area contributed by atoms with Gasteiger partial charge in [-0.1, -0.05) is 30.3 Å². The molecule has 0 spiro atoms. The molecule has 3 N–H and O–H groups in total. The van der Waals surface area contributed by atoms with E-state index in [1.807, 2.05) is 30.3 Å². The van der Waals surface area contributed by atoms with E-state index in [9.17, 15) is 14.4 Å². The average molecular weight is 381 g/mol. The van der Waals surface area contributed by atoms with Crippen LogP contribution in [0.25, 0.3) is 0 Å². The van der Waals surface area contributed by atoms with E-state index < -0.39 is 35.8 Å². The van der Waals surface area contributed by atoms with E-state index in [-0.39, 0.29) is 6.61 Å². The summed E-state index contributed by atoms with van der Waals surface area (Å²) in [4.78, 5) is 35.6. The molecular formula is C18H27N3O6. The lowest BCUT2D eigenvalue weighted by atomic mass is 10.1. The monoisotopic (exact) mass is 381 g/mol. The van der Waals surface area contributed by atoms with E-state index in [1.54, 1.807) is 27.7 Å². The van der Waals surface area contributed by atoms with Crippen molar-refractivity contribution >= 4 is 18.2 Å². The highest BCUT2D eigenvalue weighted by atomic mass is 16.6. The molecule has 0 saturated heterocycles. The van der Waals surface area contributed by atoms with Crippen LogP contribution >= 0.6 is 0 Å². The molecule has 0 fully saturated rings. The van der Waals surface area contributed by atoms with E-state index in [1.165, 1.54) is 7.11 Å². The topological polar surface area (TPSA) is 115 Å². The van der Waals surface area contributed by atoms with Crippen LogP contribution in [0.5, 0.6) is 0 Å². The molecular weight excluding hydrogens is 354 g/mol. The third kappa shape index (κ3) is 8.91. The lowest BCUT2D eigenvalue weighted by molar-refractivity contribution is -0.144. The van der Waals surface area contributed by atoms with Gasteiger partial charge in [-0.25, -0.2) is 15.0 Å². The number of rotatable bonds is 7. The van der Waals surface area contributed by atoms with Crippen LogP contribution in [0.15, 0.2) is 30.3 Å². The van der Waals surface area contributed by atoms with Crippen LogP contribution in [0.3, 0.4) is 0 Å². The van der Waals surface area contributed by atoms with Gasteiger partial charge in [0, 0.05) is 0 Å².